The molecule has 3 atom stereocenters. The summed E-state index contributed by atoms with van der Waals surface area (Å²) in [4.78, 5) is 0. The zero-order valence-corrected chi connectivity index (χ0v) is 10.3. The molecule has 15 heavy (non-hydrogen) atoms. The van der Waals surface area contributed by atoms with Crippen LogP contribution in [0, 0.1) is 11.8 Å². The van der Waals surface area contributed by atoms with Crippen LogP contribution in [0.4, 0.5) is 0 Å². The molecule has 2 rings (SSSR count). The molecule has 2 fully saturated rings. The molecule has 0 aromatic heterocycles. The monoisotopic (exact) mass is 210 g/mol. The van der Waals surface area contributed by atoms with Crippen molar-refractivity contribution in [3.05, 3.63) is 0 Å². The van der Waals surface area contributed by atoms with Gasteiger partial charge in [0.15, 0.2) is 0 Å². The maximum absolute atomic E-state index is 3.71. The Kier molecular flexibility index (Phi) is 4.04. The highest BCUT2D eigenvalue weighted by atomic mass is 15.0. The molecule has 0 aromatic rings. The molecule has 0 radical (unpaired) electrons. The van der Waals surface area contributed by atoms with E-state index in [1.54, 1.807) is 0 Å². The minimum absolute atomic E-state index is 0.621. The van der Waals surface area contributed by atoms with E-state index in [2.05, 4.69) is 24.5 Å². The summed E-state index contributed by atoms with van der Waals surface area (Å²) in [7, 11) is 0. The Bertz CT molecular complexity index is 189. The molecule has 2 heteroatoms. The summed E-state index contributed by atoms with van der Waals surface area (Å²) in [6, 6.07) is 1.36. The fourth-order valence-electron chi connectivity index (χ4n) is 3.32. The third-order valence-corrected chi connectivity index (χ3v) is 4.15. The van der Waals surface area contributed by atoms with Gasteiger partial charge in [0.2, 0.25) is 0 Å². The predicted molar refractivity (Wildman–Crippen MR) is 65.0 cm³/mol. The maximum Gasteiger partial charge on any atom is 0.0223 e. The molecular formula is C13H26N2. The molecule has 2 N–H and O–H groups in total. The molecule has 1 aliphatic heterocycles. The van der Waals surface area contributed by atoms with Gasteiger partial charge >= 0.3 is 0 Å². The molecule has 0 spiro atoms. The highest BCUT2D eigenvalue weighted by Gasteiger charge is 2.34. The Morgan fingerprint density at radius 2 is 2.00 bits per heavy atom. The highest BCUT2D eigenvalue weighted by molar-refractivity contribution is 4.90. The molecule has 0 amide bonds. The SMILES string of the molecule is CC(C)NCC1NCCC2CCCCC21. The summed E-state index contributed by atoms with van der Waals surface area (Å²) >= 11 is 0. The Morgan fingerprint density at radius 3 is 2.80 bits per heavy atom. The van der Waals surface area contributed by atoms with E-state index in [0.29, 0.717) is 6.04 Å². The molecule has 88 valence electrons. The number of piperidine rings is 1. The van der Waals surface area contributed by atoms with Crippen LogP contribution in [0.1, 0.15) is 46.0 Å². The number of hydrogen-bond donors (Lipinski definition) is 2. The largest absolute Gasteiger partial charge is 0.313 e. The molecule has 0 bridgehead atoms. The molecule has 3 unspecified atom stereocenters. The van der Waals surface area contributed by atoms with E-state index in [0.717, 1.165) is 17.9 Å². The molecule has 1 heterocycles. The van der Waals surface area contributed by atoms with Crippen molar-refractivity contribution in [3.8, 4) is 0 Å². The lowest BCUT2D eigenvalue weighted by molar-refractivity contribution is 0.131. The van der Waals surface area contributed by atoms with Crippen LogP contribution in [0.5, 0.6) is 0 Å². The van der Waals surface area contributed by atoms with Gasteiger partial charge in [-0.05, 0) is 31.2 Å². The first-order valence-electron chi connectivity index (χ1n) is 6.74. The Hall–Kier alpha value is -0.0800. The zero-order chi connectivity index (χ0) is 10.7. The van der Waals surface area contributed by atoms with E-state index in [9.17, 15) is 0 Å². The standard InChI is InChI=1S/C13H26N2/c1-10(2)15-9-13-12-6-4-3-5-11(12)7-8-14-13/h10-15H,3-9H2,1-2H3. The van der Waals surface area contributed by atoms with Crippen molar-refractivity contribution in [2.75, 3.05) is 13.1 Å². The van der Waals surface area contributed by atoms with Gasteiger partial charge in [0, 0.05) is 18.6 Å². The van der Waals surface area contributed by atoms with E-state index in [1.807, 2.05) is 0 Å². The molecule has 1 saturated carbocycles. The maximum atomic E-state index is 3.71. The third kappa shape index (κ3) is 2.94. The van der Waals surface area contributed by atoms with Crippen LogP contribution in [-0.4, -0.2) is 25.2 Å². The van der Waals surface area contributed by atoms with Gasteiger partial charge in [-0.15, -0.1) is 0 Å². The van der Waals surface area contributed by atoms with Gasteiger partial charge in [-0.25, -0.2) is 0 Å². The van der Waals surface area contributed by atoms with Crippen LogP contribution >= 0.6 is 0 Å². The van der Waals surface area contributed by atoms with Crippen LogP contribution in [-0.2, 0) is 0 Å². The van der Waals surface area contributed by atoms with E-state index in [-0.39, 0.29) is 0 Å². The lowest BCUT2D eigenvalue weighted by atomic mass is 9.71. The van der Waals surface area contributed by atoms with Crippen molar-refractivity contribution in [1.29, 1.82) is 0 Å². The van der Waals surface area contributed by atoms with Gasteiger partial charge in [0.05, 0.1) is 0 Å². The lowest BCUT2D eigenvalue weighted by Gasteiger charge is -2.42. The Labute approximate surface area is 94.2 Å². The average molecular weight is 210 g/mol. The predicted octanol–water partition coefficient (Wildman–Crippen LogP) is 2.15. The fourth-order valence-corrected chi connectivity index (χ4v) is 3.32. The van der Waals surface area contributed by atoms with Gasteiger partial charge < -0.3 is 10.6 Å². The van der Waals surface area contributed by atoms with Gasteiger partial charge in [0.25, 0.3) is 0 Å². The minimum Gasteiger partial charge on any atom is -0.313 e. The van der Waals surface area contributed by atoms with E-state index in [1.165, 1.54) is 45.2 Å². The van der Waals surface area contributed by atoms with Crippen LogP contribution < -0.4 is 10.6 Å². The molecule has 2 aliphatic rings. The van der Waals surface area contributed by atoms with E-state index in [4.69, 9.17) is 0 Å². The second-order valence-electron chi connectivity index (χ2n) is 5.62. The average Bonchev–Trinajstić information content (AvgIpc) is 2.26. The quantitative estimate of drug-likeness (QED) is 0.746. The Balaban J connectivity index is 1.86. The smallest absolute Gasteiger partial charge is 0.0223 e. The van der Waals surface area contributed by atoms with Crippen molar-refractivity contribution in [2.24, 2.45) is 11.8 Å². The van der Waals surface area contributed by atoms with Crippen molar-refractivity contribution in [1.82, 2.24) is 10.6 Å². The van der Waals surface area contributed by atoms with E-state index >= 15 is 0 Å². The summed E-state index contributed by atoms with van der Waals surface area (Å²) in [5.41, 5.74) is 0. The molecule has 1 aliphatic carbocycles. The molecule has 0 aromatic carbocycles. The van der Waals surface area contributed by atoms with Gasteiger partial charge in [-0.3, -0.25) is 0 Å². The van der Waals surface area contributed by atoms with Crippen molar-refractivity contribution in [2.45, 2.75) is 58.0 Å². The normalized spacial score (nSPS) is 36.6. The van der Waals surface area contributed by atoms with Gasteiger partial charge in [-0.2, -0.15) is 0 Å². The lowest BCUT2D eigenvalue weighted by Crippen LogP contribution is -2.52. The second-order valence-corrected chi connectivity index (χ2v) is 5.62. The summed E-state index contributed by atoms with van der Waals surface area (Å²) in [5.74, 6) is 1.98. The fraction of sp³-hybridized carbons (Fsp3) is 1.00. The first-order chi connectivity index (χ1) is 7.27. The first kappa shape index (κ1) is 11.4. The minimum atomic E-state index is 0.621. The number of rotatable bonds is 3. The van der Waals surface area contributed by atoms with E-state index < -0.39 is 0 Å². The van der Waals surface area contributed by atoms with Crippen LogP contribution in [0.25, 0.3) is 0 Å². The number of fused-ring (bicyclic) bond motifs is 1. The molecule has 1 saturated heterocycles. The number of hydrogen-bond acceptors (Lipinski definition) is 2. The molecular weight excluding hydrogens is 184 g/mol. The van der Waals surface area contributed by atoms with Crippen LogP contribution in [0.3, 0.4) is 0 Å². The third-order valence-electron chi connectivity index (χ3n) is 4.15. The summed E-state index contributed by atoms with van der Waals surface area (Å²) in [6.45, 7) is 6.88. The van der Waals surface area contributed by atoms with Crippen molar-refractivity contribution < 1.29 is 0 Å². The van der Waals surface area contributed by atoms with Gasteiger partial charge in [0.1, 0.15) is 0 Å². The first-order valence-corrected chi connectivity index (χ1v) is 6.74. The summed E-state index contributed by atoms with van der Waals surface area (Å²) in [6.07, 6.45) is 7.31. The second kappa shape index (κ2) is 5.31. The topological polar surface area (TPSA) is 24.1 Å². The van der Waals surface area contributed by atoms with Crippen molar-refractivity contribution in [3.63, 3.8) is 0 Å². The van der Waals surface area contributed by atoms with Crippen LogP contribution in [0.2, 0.25) is 0 Å². The summed E-state index contributed by atoms with van der Waals surface area (Å²) < 4.78 is 0. The van der Waals surface area contributed by atoms with Crippen molar-refractivity contribution >= 4 is 0 Å². The summed E-state index contributed by atoms with van der Waals surface area (Å²) in [5, 5.41) is 7.30. The Morgan fingerprint density at radius 1 is 1.20 bits per heavy atom. The highest BCUT2D eigenvalue weighted by Crippen LogP contribution is 2.36. The zero-order valence-electron chi connectivity index (χ0n) is 10.3. The van der Waals surface area contributed by atoms with Gasteiger partial charge in [-0.1, -0.05) is 33.1 Å². The van der Waals surface area contributed by atoms with Crippen LogP contribution in [0.15, 0.2) is 0 Å². The number of nitrogens with one attached hydrogen (secondary N) is 2. The molecule has 2 nitrogen and oxygen atoms in total.